The van der Waals surface area contributed by atoms with Crippen molar-refractivity contribution in [3.05, 3.63) is 54.1 Å². The second kappa shape index (κ2) is 11.3. The zero-order valence-corrected chi connectivity index (χ0v) is 17.7. The number of benzene rings is 2. The van der Waals surface area contributed by atoms with Crippen molar-refractivity contribution in [1.29, 1.82) is 0 Å². The van der Waals surface area contributed by atoms with E-state index in [0.29, 0.717) is 0 Å². The minimum Gasteiger partial charge on any atom is -0.494 e. The third kappa shape index (κ3) is 6.67. The topological polar surface area (TPSA) is 18.5 Å². The second-order valence-corrected chi connectivity index (χ2v) is 8.34. The molecule has 1 aliphatic rings. The van der Waals surface area contributed by atoms with Crippen LogP contribution in [0.2, 0.25) is 0 Å². The van der Waals surface area contributed by atoms with Crippen LogP contribution >= 0.6 is 0 Å². The predicted molar refractivity (Wildman–Crippen MR) is 118 cm³/mol. The fourth-order valence-corrected chi connectivity index (χ4v) is 3.89. The molecule has 0 amide bonds. The minimum absolute atomic E-state index is 0.744. The summed E-state index contributed by atoms with van der Waals surface area (Å²) in [7, 11) is 0. The largest absolute Gasteiger partial charge is 0.494 e. The molecule has 2 nitrogen and oxygen atoms in total. The first kappa shape index (κ1) is 20.9. The molecule has 3 rings (SSSR count). The Morgan fingerprint density at radius 2 is 1.64 bits per heavy atom. The van der Waals surface area contributed by atoms with Crippen LogP contribution in [0.1, 0.15) is 57.9 Å². The van der Waals surface area contributed by atoms with Crippen LogP contribution in [0.4, 0.5) is 0 Å². The molecule has 2 atom stereocenters. The summed E-state index contributed by atoms with van der Waals surface area (Å²) in [6, 6.07) is 17.6. The third-order valence-corrected chi connectivity index (χ3v) is 6.04. The van der Waals surface area contributed by atoms with Crippen molar-refractivity contribution in [1.82, 2.24) is 0 Å². The van der Waals surface area contributed by atoms with Crippen molar-refractivity contribution >= 4 is 0 Å². The van der Waals surface area contributed by atoms with E-state index in [9.17, 15) is 0 Å². The van der Waals surface area contributed by atoms with Crippen molar-refractivity contribution in [2.45, 2.75) is 58.8 Å². The molecule has 2 unspecified atom stereocenters. The highest BCUT2D eigenvalue weighted by Gasteiger charge is 2.11. The van der Waals surface area contributed by atoms with Crippen LogP contribution in [0, 0.1) is 11.8 Å². The van der Waals surface area contributed by atoms with Gasteiger partial charge in [0.25, 0.3) is 0 Å². The Hall–Kier alpha value is -1.80. The molecule has 0 bridgehead atoms. The Labute approximate surface area is 171 Å². The monoisotopic (exact) mass is 380 g/mol. The van der Waals surface area contributed by atoms with Crippen molar-refractivity contribution in [2.75, 3.05) is 19.8 Å². The molecule has 1 aliphatic heterocycles. The maximum absolute atomic E-state index is 6.01. The van der Waals surface area contributed by atoms with E-state index in [0.717, 1.165) is 50.2 Å². The molecule has 1 saturated heterocycles. The highest BCUT2D eigenvalue weighted by molar-refractivity contribution is 5.64. The van der Waals surface area contributed by atoms with Gasteiger partial charge in [-0.15, -0.1) is 0 Å². The fourth-order valence-electron chi connectivity index (χ4n) is 3.89. The number of rotatable bonds is 8. The first-order valence-corrected chi connectivity index (χ1v) is 11.1. The Bertz CT molecular complexity index is 667. The number of ether oxygens (including phenoxy) is 2. The number of hydrogen-bond donors (Lipinski definition) is 0. The van der Waals surface area contributed by atoms with Gasteiger partial charge in [-0.2, -0.15) is 0 Å². The molecule has 28 heavy (non-hydrogen) atoms. The summed E-state index contributed by atoms with van der Waals surface area (Å²) in [5.41, 5.74) is 3.95. The highest BCUT2D eigenvalue weighted by atomic mass is 16.5. The van der Waals surface area contributed by atoms with E-state index in [1.807, 2.05) is 0 Å². The van der Waals surface area contributed by atoms with Gasteiger partial charge >= 0.3 is 0 Å². The molecule has 0 spiro atoms. The fraction of sp³-hybridized carbons (Fsp3) is 0.538. The Morgan fingerprint density at radius 3 is 2.36 bits per heavy atom. The van der Waals surface area contributed by atoms with Gasteiger partial charge in [0.05, 0.1) is 6.61 Å². The van der Waals surface area contributed by atoms with E-state index in [1.54, 1.807) is 0 Å². The number of hydrogen-bond acceptors (Lipinski definition) is 2. The van der Waals surface area contributed by atoms with Crippen LogP contribution in [-0.2, 0) is 11.2 Å². The summed E-state index contributed by atoms with van der Waals surface area (Å²) in [6.45, 7) is 7.23. The molecule has 0 saturated carbocycles. The SMILES string of the molecule is CCC(C)Cc1ccc(-c2ccc(OCCC3CCCCOCC3)cc2)cc1. The van der Waals surface area contributed by atoms with Gasteiger partial charge in [-0.1, -0.05) is 69.5 Å². The molecule has 2 heteroatoms. The first-order chi connectivity index (χ1) is 13.7. The van der Waals surface area contributed by atoms with Gasteiger partial charge in [-0.25, -0.2) is 0 Å². The maximum atomic E-state index is 6.01. The van der Waals surface area contributed by atoms with Crippen LogP contribution in [0.3, 0.4) is 0 Å². The molecule has 2 aromatic carbocycles. The lowest BCUT2D eigenvalue weighted by atomic mass is 9.95. The Morgan fingerprint density at radius 1 is 0.929 bits per heavy atom. The summed E-state index contributed by atoms with van der Waals surface area (Å²) in [4.78, 5) is 0. The van der Waals surface area contributed by atoms with E-state index in [4.69, 9.17) is 9.47 Å². The minimum atomic E-state index is 0.744. The molecule has 0 aromatic heterocycles. The van der Waals surface area contributed by atoms with Crippen LogP contribution in [-0.4, -0.2) is 19.8 Å². The van der Waals surface area contributed by atoms with Crippen molar-refractivity contribution in [3.63, 3.8) is 0 Å². The summed E-state index contributed by atoms with van der Waals surface area (Å²) >= 11 is 0. The molecular formula is C26H36O2. The zero-order valence-electron chi connectivity index (χ0n) is 17.7. The van der Waals surface area contributed by atoms with Gasteiger partial charge in [-0.3, -0.25) is 0 Å². The molecule has 1 heterocycles. The second-order valence-electron chi connectivity index (χ2n) is 8.34. The van der Waals surface area contributed by atoms with Crippen LogP contribution < -0.4 is 4.74 Å². The molecule has 0 N–H and O–H groups in total. The lowest BCUT2D eigenvalue weighted by Crippen LogP contribution is -2.13. The average molecular weight is 381 g/mol. The van der Waals surface area contributed by atoms with Gasteiger partial charge in [0.15, 0.2) is 0 Å². The quantitative estimate of drug-likeness (QED) is 0.495. The molecule has 152 valence electrons. The zero-order chi connectivity index (χ0) is 19.6. The average Bonchev–Trinajstić information content (AvgIpc) is 2.70. The Balaban J connectivity index is 1.47. The predicted octanol–water partition coefficient (Wildman–Crippen LogP) is 6.92. The smallest absolute Gasteiger partial charge is 0.119 e. The van der Waals surface area contributed by atoms with Crippen molar-refractivity contribution < 1.29 is 9.47 Å². The van der Waals surface area contributed by atoms with Gasteiger partial charge in [0, 0.05) is 13.2 Å². The normalized spacial score (nSPS) is 18.9. The van der Waals surface area contributed by atoms with E-state index >= 15 is 0 Å². The van der Waals surface area contributed by atoms with E-state index in [1.165, 1.54) is 48.8 Å². The van der Waals surface area contributed by atoms with Gasteiger partial charge in [-0.05, 0) is 66.3 Å². The molecule has 1 fully saturated rings. The standard InChI is InChI=1S/C26H36O2/c1-3-21(2)20-23-7-9-24(10-8-23)25-11-13-26(14-12-25)28-19-16-22-6-4-5-17-27-18-15-22/h7-14,21-22H,3-6,15-20H2,1-2H3. The third-order valence-electron chi connectivity index (χ3n) is 6.04. The first-order valence-electron chi connectivity index (χ1n) is 11.1. The van der Waals surface area contributed by atoms with Crippen LogP contribution in [0.15, 0.2) is 48.5 Å². The molecule has 0 aliphatic carbocycles. The summed E-state index contributed by atoms with van der Waals surface area (Å²) in [6.07, 6.45) is 8.51. The maximum Gasteiger partial charge on any atom is 0.119 e. The van der Waals surface area contributed by atoms with Gasteiger partial charge < -0.3 is 9.47 Å². The lowest BCUT2D eigenvalue weighted by Gasteiger charge is -2.20. The summed E-state index contributed by atoms with van der Waals surface area (Å²) in [5, 5.41) is 0. The van der Waals surface area contributed by atoms with Gasteiger partial charge in [0.2, 0.25) is 0 Å². The van der Waals surface area contributed by atoms with Crippen molar-refractivity contribution in [3.8, 4) is 16.9 Å². The van der Waals surface area contributed by atoms with Crippen molar-refractivity contribution in [2.24, 2.45) is 11.8 Å². The van der Waals surface area contributed by atoms with Gasteiger partial charge in [0.1, 0.15) is 5.75 Å². The van der Waals surface area contributed by atoms with E-state index < -0.39 is 0 Å². The summed E-state index contributed by atoms with van der Waals surface area (Å²) < 4.78 is 11.6. The van der Waals surface area contributed by atoms with Crippen LogP contribution in [0.25, 0.3) is 11.1 Å². The van der Waals surface area contributed by atoms with E-state index in [2.05, 4.69) is 62.4 Å². The molecular weight excluding hydrogens is 344 g/mol. The van der Waals surface area contributed by atoms with Crippen LogP contribution in [0.5, 0.6) is 5.75 Å². The lowest BCUT2D eigenvalue weighted by molar-refractivity contribution is 0.0949. The highest BCUT2D eigenvalue weighted by Crippen LogP contribution is 2.25. The Kier molecular flexibility index (Phi) is 8.42. The molecule has 0 radical (unpaired) electrons. The summed E-state index contributed by atoms with van der Waals surface area (Å²) in [5.74, 6) is 2.46. The van der Waals surface area contributed by atoms with E-state index in [-0.39, 0.29) is 0 Å². The molecule has 2 aromatic rings.